The fourth-order valence-electron chi connectivity index (χ4n) is 11.4. The summed E-state index contributed by atoms with van der Waals surface area (Å²) in [6, 6.07) is 0. The van der Waals surface area contributed by atoms with E-state index in [2.05, 4.69) is 41.5 Å². The van der Waals surface area contributed by atoms with Gasteiger partial charge < -0.3 is 40.1 Å². The largest absolute Gasteiger partial charge is 0.481 e. The van der Waals surface area contributed by atoms with Gasteiger partial charge in [0.25, 0.3) is 0 Å². The van der Waals surface area contributed by atoms with Crippen LogP contribution < -0.4 is 0 Å². The highest BCUT2D eigenvalue weighted by Crippen LogP contribution is 2.75. The molecule has 0 unspecified atom stereocenters. The van der Waals surface area contributed by atoms with E-state index in [0.717, 1.165) is 49.7 Å². The van der Waals surface area contributed by atoms with Crippen molar-refractivity contribution in [1.82, 2.24) is 0 Å². The third-order valence-electron chi connectivity index (χ3n) is 14.8. The van der Waals surface area contributed by atoms with Crippen LogP contribution >= 0.6 is 0 Å². The third kappa shape index (κ3) is 4.45. The van der Waals surface area contributed by atoms with Crippen molar-refractivity contribution in [3.8, 4) is 0 Å². The van der Waals surface area contributed by atoms with E-state index in [1.54, 1.807) is 0 Å². The Balaban J connectivity index is 1.56. The second-order valence-corrected chi connectivity index (χ2v) is 17.6. The summed E-state index contributed by atoms with van der Waals surface area (Å²) in [6.45, 7) is 15.2. The molecule has 0 aromatic rings. The first-order valence-electron chi connectivity index (χ1n) is 17.1. The Morgan fingerprint density at radius 1 is 0.826 bits per heavy atom. The zero-order chi connectivity index (χ0) is 34.0. The molecule has 3 saturated carbocycles. The minimum atomic E-state index is -1.83. The van der Waals surface area contributed by atoms with Gasteiger partial charge in [0.15, 0.2) is 6.10 Å². The number of carbonyl (C=O) groups is 2. The molecule has 0 spiro atoms. The van der Waals surface area contributed by atoms with Crippen molar-refractivity contribution < 1.29 is 49.7 Å². The molecule has 6 N–H and O–H groups in total. The van der Waals surface area contributed by atoms with Gasteiger partial charge in [-0.05, 0) is 109 Å². The lowest BCUT2D eigenvalue weighted by Crippen LogP contribution is -2.65. The number of ether oxygens (including phenoxy) is 2. The summed E-state index contributed by atoms with van der Waals surface area (Å²) < 4.78 is 12.3. The number of carboxylic acid groups (broad SMARTS) is 2. The lowest BCUT2D eigenvalue weighted by atomic mass is 9.35. The van der Waals surface area contributed by atoms with E-state index < -0.39 is 54.2 Å². The van der Waals surface area contributed by atoms with Crippen molar-refractivity contribution in [2.75, 3.05) is 0 Å². The van der Waals surface area contributed by atoms with Gasteiger partial charge >= 0.3 is 11.9 Å². The van der Waals surface area contributed by atoms with Crippen LogP contribution in [0.5, 0.6) is 0 Å². The van der Waals surface area contributed by atoms with Crippen LogP contribution in [-0.2, 0) is 19.1 Å². The van der Waals surface area contributed by atoms with Crippen molar-refractivity contribution in [2.45, 2.75) is 143 Å². The van der Waals surface area contributed by atoms with Gasteiger partial charge in [-0.15, -0.1) is 0 Å². The molecule has 0 aromatic heterocycles. The fourth-order valence-corrected chi connectivity index (χ4v) is 11.4. The number of hydrogen-bond acceptors (Lipinski definition) is 8. The average molecular weight is 647 g/mol. The van der Waals surface area contributed by atoms with Gasteiger partial charge in [0.2, 0.25) is 6.29 Å². The Morgan fingerprint density at radius 2 is 1.48 bits per heavy atom. The van der Waals surface area contributed by atoms with Gasteiger partial charge in [0.05, 0.1) is 11.5 Å². The molecule has 1 aliphatic heterocycles. The molecule has 10 heteroatoms. The standard InChI is InChI=1S/C36H54O10/c1-31(2)21-8-11-36(7)27(34(21,5)10-9-22(31)37)20(45-29-25(40)23(38)24(39)26(46-29)28(41)42)16-18-19-17-33(4,30(43)44)13-12-32(19,3)14-15-35(18,36)6/h16,21-27,29,37-40H,8-15,17H2,1-7H3,(H,41,42)(H,43,44)/t21-,22-,23-,24-,25+,26-,27+,29-,32+,33-,34-,35+,36+/m0/s1. The zero-order valence-corrected chi connectivity index (χ0v) is 28.4. The molecule has 0 radical (unpaired) electrons. The summed E-state index contributed by atoms with van der Waals surface area (Å²) in [6.07, 6.45) is -0.361. The Bertz CT molecular complexity index is 1370. The van der Waals surface area contributed by atoms with Gasteiger partial charge in [-0.1, -0.05) is 47.1 Å². The fraction of sp³-hybridized carbons (Fsp3) is 0.833. The van der Waals surface area contributed by atoms with Crippen LogP contribution in [0.2, 0.25) is 0 Å². The summed E-state index contributed by atoms with van der Waals surface area (Å²) in [4.78, 5) is 24.5. The highest BCUT2D eigenvalue weighted by molar-refractivity contribution is 5.75. The summed E-state index contributed by atoms with van der Waals surface area (Å²) in [5.41, 5.74) is -0.283. The molecule has 258 valence electrons. The highest BCUT2D eigenvalue weighted by Gasteiger charge is 2.69. The van der Waals surface area contributed by atoms with Gasteiger partial charge in [0.1, 0.15) is 24.1 Å². The number of rotatable bonds is 4. The maximum absolute atomic E-state index is 12.6. The number of carboxylic acids is 2. The smallest absolute Gasteiger partial charge is 0.335 e. The van der Waals surface area contributed by atoms with E-state index in [0.29, 0.717) is 25.0 Å². The van der Waals surface area contributed by atoms with E-state index in [4.69, 9.17) is 9.47 Å². The normalized spacial score (nSPS) is 51.5. The Morgan fingerprint density at radius 3 is 2.11 bits per heavy atom. The van der Waals surface area contributed by atoms with Crippen LogP contribution in [0.4, 0.5) is 0 Å². The predicted octanol–water partition coefficient (Wildman–Crippen LogP) is 4.39. The maximum atomic E-state index is 12.6. The van der Waals surface area contributed by atoms with Gasteiger partial charge in [-0.2, -0.15) is 0 Å². The molecule has 0 amide bonds. The first kappa shape index (κ1) is 33.9. The second kappa shape index (κ2) is 10.5. The van der Waals surface area contributed by atoms with Crippen LogP contribution in [0.15, 0.2) is 23.0 Å². The topological polar surface area (TPSA) is 174 Å². The first-order valence-corrected chi connectivity index (χ1v) is 17.1. The van der Waals surface area contributed by atoms with Gasteiger partial charge in [-0.3, -0.25) is 4.79 Å². The quantitative estimate of drug-likeness (QED) is 0.257. The van der Waals surface area contributed by atoms with E-state index in [1.165, 1.54) is 0 Å². The molecule has 46 heavy (non-hydrogen) atoms. The summed E-state index contributed by atoms with van der Waals surface area (Å²) in [7, 11) is 0. The Kier molecular flexibility index (Phi) is 7.75. The molecule has 0 bridgehead atoms. The van der Waals surface area contributed by atoms with Gasteiger partial charge in [-0.25, -0.2) is 4.79 Å². The third-order valence-corrected chi connectivity index (χ3v) is 14.8. The number of hydrogen-bond donors (Lipinski definition) is 6. The number of fused-ring (bicyclic) bond motifs is 6. The van der Waals surface area contributed by atoms with Crippen LogP contribution in [0.25, 0.3) is 0 Å². The summed E-state index contributed by atoms with van der Waals surface area (Å²) in [5, 5.41) is 63.4. The minimum absolute atomic E-state index is 0.141. The highest BCUT2D eigenvalue weighted by atomic mass is 16.7. The first-order chi connectivity index (χ1) is 21.2. The van der Waals surface area contributed by atoms with Crippen LogP contribution in [0, 0.1) is 44.3 Å². The van der Waals surface area contributed by atoms with Crippen LogP contribution in [0.3, 0.4) is 0 Å². The number of allylic oxidation sites excluding steroid dienone is 4. The molecular weight excluding hydrogens is 592 g/mol. The minimum Gasteiger partial charge on any atom is -0.481 e. The molecule has 1 heterocycles. The van der Waals surface area contributed by atoms with E-state index in [-0.39, 0.29) is 38.9 Å². The van der Waals surface area contributed by atoms with E-state index in [9.17, 15) is 40.2 Å². The lowest BCUT2D eigenvalue weighted by molar-refractivity contribution is -0.293. The molecule has 6 rings (SSSR count). The van der Waals surface area contributed by atoms with Gasteiger partial charge in [0, 0.05) is 5.92 Å². The van der Waals surface area contributed by atoms with Crippen molar-refractivity contribution in [2.24, 2.45) is 44.3 Å². The maximum Gasteiger partial charge on any atom is 0.335 e. The molecule has 5 aliphatic carbocycles. The van der Waals surface area contributed by atoms with Crippen LogP contribution in [-0.4, -0.2) is 79.4 Å². The molecule has 13 atom stereocenters. The molecule has 10 nitrogen and oxygen atoms in total. The molecule has 0 aromatic carbocycles. The molecule has 4 fully saturated rings. The van der Waals surface area contributed by atoms with Crippen molar-refractivity contribution in [1.29, 1.82) is 0 Å². The SMILES string of the molecule is CC1(C)[C@@H](O)CC[C@]2(C)[C@H]3C(O[C@H]4O[C@H](C(=O)O)[C@@H](O)[C@H](O)[C@H]4O)=CC4=C5C[C@@](C)(C(=O)O)CC[C@]5(C)CC[C@@]4(C)[C@]3(C)CC[C@@H]12. The van der Waals surface area contributed by atoms with E-state index >= 15 is 0 Å². The predicted molar refractivity (Wildman–Crippen MR) is 167 cm³/mol. The lowest BCUT2D eigenvalue weighted by Gasteiger charge is -2.70. The summed E-state index contributed by atoms with van der Waals surface area (Å²) in [5.74, 6) is -1.82. The Labute approximate surface area is 271 Å². The van der Waals surface area contributed by atoms with Crippen molar-refractivity contribution >= 4 is 11.9 Å². The number of aliphatic hydroxyl groups excluding tert-OH is 4. The molecule has 1 saturated heterocycles. The molecular formula is C36H54O10. The van der Waals surface area contributed by atoms with Crippen molar-refractivity contribution in [3.63, 3.8) is 0 Å². The number of aliphatic hydroxyl groups is 4. The second-order valence-electron chi connectivity index (χ2n) is 17.6. The Hall–Kier alpha value is -1.98. The number of aliphatic carboxylic acids is 2. The molecule has 6 aliphatic rings. The average Bonchev–Trinajstić information content (AvgIpc) is 2.97. The monoisotopic (exact) mass is 646 g/mol. The van der Waals surface area contributed by atoms with Crippen LogP contribution in [0.1, 0.15) is 106 Å². The van der Waals surface area contributed by atoms with E-state index in [1.807, 2.05) is 13.0 Å². The van der Waals surface area contributed by atoms with Crippen molar-refractivity contribution in [3.05, 3.63) is 23.0 Å². The summed E-state index contributed by atoms with van der Waals surface area (Å²) >= 11 is 0. The zero-order valence-electron chi connectivity index (χ0n) is 28.4.